The monoisotopic (exact) mass is 257 g/mol. The molecule has 1 atom stereocenters. The lowest BCUT2D eigenvalue weighted by Crippen LogP contribution is -2.34. The summed E-state index contributed by atoms with van der Waals surface area (Å²) in [4.78, 5) is 0. The Kier molecular flexibility index (Phi) is 6.58. The first-order valence-electron chi connectivity index (χ1n) is 7.16. The Morgan fingerprint density at radius 3 is 2.26 bits per heavy atom. The topological polar surface area (TPSA) is 12.0 Å². The van der Waals surface area contributed by atoms with Gasteiger partial charge in [0.05, 0.1) is 0 Å². The van der Waals surface area contributed by atoms with E-state index in [9.17, 15) is 0 Å². The highest BCUT2D eigenvalue weighted by molar-refractivity contribution is 5.25. The lowest BCUT2D eigenvalue weighted by Gasteiger charge is -2.24. The molecule has 1 aromatic carbocycles. The molecule has 1 unspecified atom stereocenters. The third-order valence-electron chi connectivity index (χ3n) is 3.16. The molecule has 1 nitrogen and oxygen atoms in total. The first-order chi connectivity index (χ1) is 9.04. The molecule has 0 aliphatic heterocycles. The molecule has 0 saturated carbocycles. The first kappa shape index (κ1) is 15.7. The number of rotatable bonds is 7. The van der Waals surface area contributed by atoms with Gasteiger partial charge >= 0.3 is 0 Å². The molecule has 0 fully saturated rings. The summed E-state index contributed by atoms with van der Waals surface area (Å²) in [6.45, 7) is 13.8. The van der Waals surface area contributed by atoms with Crippen LogP contribution in [0.4, 0.5) is 0 Å². The van der Waals surface area contributed by atoms with Crippen molar-refractivity contribution < 1.29 is 0 Å². The van der Waals surface area contributed by atoms with E-state index in [1.807, 2.05) is 6.08 Å². The minimum absolute atomic E-state index is 0.361. The van der Waals surface area contributed by atoms with Crippen LogP contribution in [0, 0.1) is 11.8 Å². The second-order valence-electron chi connectivity index (χ2n) is 5.70. The van der Waals surface area contributed by atoms with Crippen molar-refractivity contribution in [3.63, 3.8) is 0 Å². The summed E-state index contributed by atoms with van der Waals surface area (Å²) in [6.07, 6.45) is 4.29. The van der Waals surface area contributed by atoms with Crippen LogP contribution in [0.25, 0.3) is 0 Å². The van der Waals surface area contributed by atoms with Gasteiger partial charge < -0.3 is 5.32 Å². The Labute approximate surface area is 118 Å². The van der Waals surface area contributed by atoms with Crippen LogP contribution < -0.4 is 5.32 Å². The highest BCUT2D eigenvalue weighted by Gasteiger charge is 2.15. The fourth-order valence-electron chi connectivity index (χ4n) is 2.25. The smallest absolute Gasteiger partial charge is 0.0343 e. The quantitative estimate of drug-likeness (QED) is 0.706. The van der Waals surface area contributed by atoms with Crippen molar-refractivity contribution in [2.24, 2.45) is 11.8 Å². The second-order valence-corrected chi connectivity index (χ2v) is 5.70. The summed E-state index contributed by atoms with van der Waals surface area (Å²) >= 11 is 0. The average Bonchev–Trinajstić information content (AvgIpc) is 2.38. The molecule has 0 aromatic heterocycles. The van der Waals surface area contributed by atoms with Gasteiger partial charge in [0, 0.05) is 12.6 Å². The van der Waals surface area contributed by atoms with Crippen molar-refractivity contribution in [1.82, 2.24) is 5.32 Å². The van der Waals surface area contributed by atoms with Crippen LogP contribution in [-0.2, 0) is 6.54 Å². The normalized spacial score (nSPS) is 13.9. The van der Waals surface area contributed by atoms with E-state index in [1.54, 1.807) is 0 Å². The third-order valence-corrected chi connectivity index (χ3v) is 3.16. The van der Waals surface area contributed by atoms with Gasteiger partial charge in [-0.25, -0.2) is 0 Å². The van der Waals surface area contributed by atoms with Gasteiger partial charge in [0.15, 0.2) is 0 Å². The van der Waals surface area contributed by atoms with Gasteiger partial charge in [0.2, 0.25) is 0 Å². The largest absolute Gasteiger partial charge is 0.306 e. The predicted molar refractivity (Wildman–Crippen MR) is 85.0 cm³/mol. The minimum Gasteiger partial charge on any atom is -0.306 e. The average molecular weight is 257 g/mol. The van der Waals surface area contributed by atoms with Gasteiger partial charge in [-0.05, 0) is 23.0 Å². The summed E-state index contributed by atoms with van der Waals surface area (Å²) in [7, 11) is 0. The van der Waals surface area contributed by atoms with Crippen molar-refractivity contribution in [3.05, 3.63) is 60.2 Å². The molecule has 19 heavy (non-hydrogen) atoms. The van der Waals surface area contributed by atoms with Crippen molar-refractivity contribution in [1.29, 1.82) is 0 Å². The molecular formula is C18H27N. The highest BCUT2D eigenvalue weighted by atomic mass is 14.9. The Morgan fingerprint density at radius 1 is 1.16 bits per heavy atom. The lowest BCUT2D eigenvalue weighted by atomic mass is 9.93. The van der Waals surface area contributed by atoms with Crippen molar-refractivity contribution in [3.8, 4) is 0 Å². The molecule has 0 heterocycles. The van der Waals surface area contributed by atoms with E-state index in [-0.39, 0.29) is 0 Å². The number of nitrogens with one attached hydrogen (secondary N) is 1. The molecule has 0 aliphatic rings. The second kappa shape index (κ2) is 7.96. The maximum Gasteiger partial charge on any atom is 0.0343 e. The molecule has 1 aromatic rings. The maximum atomic E-state index is 3.96. The first-order valence-corrected chi connectivity index (χ1v) is 7.16. The molecule has 0 spiro atoms. The van der Waals surface area contributed by atoms with Crippen LogP contribution in [-0.4, -0.2) is 6.04 Å². The van der Waals surface area contributed by atoms with Crippen molar-refractivity contribution in [2.75, 3.05) is 0 Å². The fraction of sp³-hybridized carbons (Fsp3) is 0.444. The van der Waals surface area contributed by atoms with Crippen LogP contribution in [0.2, 0.25) is 0 Å². The van der Waals surface area contributed by atoms with Gasteiger partial charge in [-0.15, -0.1) is 0 Å². The van der Waals surface area contributed by atoms with E-state index in [1.165, 1.54) is 11.1 Å². The summed E-state index contributed by atoms with van der Waals surface area (Å²) < 4.78 is 0. The fourth-order valence-corrected chi connectivity index (χ4v) is 2.25. The Balaban J connectivity index is 2.75. The zero-order valence-corrected chi connectivity index (χ0v) is 12.7. The van der Waals surface area contributed by atoms with Gasteiger partial charge in [0.25, 0.3) is 0 Å². The molecule has 0 amide bonds. The van der Waals surface area contributed by atoms with Crippen molar-refractivity contribution >= 4 is 0 Å². The Bertz CT molecular complexity index is 401. The van der Waals surface area contributed by atoms with Gasteiger partial charge in [-0.2, -0.15) is 0 Å². The van der Waals surface area contributed by atoms with Crippen LogP contribution in [0.5, 0.6) is 0 Å². The molecule has 1 heteroatoms. The Morgan fingerprint density at radius 2 is 1.79 bits per heavy atom. The van der Waals surface area contributed by atoms with Crippen LogP contribution in [0.15, 0.2) is 54.6 Å². The molecule has 0 aliphatic carbocycles. The summed E-state index contributed by atoms with van der Waals surface area (Å²) in [6, 6.07) is 10.9. The minimum atomic E-state index is 0.361. The van der Waals surface area contributed by atoms with E-state index in [0.29, 0.717) is 17.9 Å². The molecule has 0 bridgehead atoms. The van der Waals surface area contributed by atoms with E-state index in [0.717, 1.165) is 6.54 Å². The third kappa shape index (κ3) is 5.44. The van der Waals surface area contributed by atoms with Crippen LogP contribution in [0.1, 0.15) is 33.3 Å². The standard InChI is InChI=1S/C18H27N/c1-6-17(12-14(2)3)18(15(4)5)19-13-16-10-8-7-9-11-16/h6-12,14-15,18-19H,1,13H2,2-5H3/b17-12+. The predicted octanol–water partition coefficient (Wildman–Crippen LogP) is 4.57. The summed E-state index contributed by atoms with van der Waals surface area (Å²) in [5.41, 5.74) is 2.63. The molecule has 1 N–H and O–H groups in total. The van der Waals surface area contributed by atoms with E-state index in [2.05, 4.69) is 76.0 Å². The van der Waals surface area contributed by atoms with Crippen LogP contribution in [0.3, 0.4) is 0 Å². The van der Waals surface area contributed by atoms with Gasteiger partial charge in [-0.3, -0.25) is 0 Å². The number of hydrogen-bond acceptors (Lipinski definition) is 1. The van der Waals surface area contributed by atoms with E-state index in [4.69, 9.17) is 0 Å². The number of allylic oxidation sites excluding steroid dienone is 1. The molecule has 0 radical (unpaired) electrons. The van der Waals surface area contributed by atoms with E-state index >= 15 is 0 Å². The lowest BCUT2D eigenvalue weighted by molar-refractivity contribution is 0.448. The summed E-state index contributed by atoms with van der Waals surface area (Å²) in [5, 5.41) is 3.65. The zero-order valence-electron chi connectivity index (χ0n) is 12.7. The van der Waals surface area contributed by atoms with E-state index < -0.39 is 0 Å². The highest BCUT2D eigenvalue weighted by Crippen LogP contribution is 2.16. The SMILES string of the molecule is C=C/C(=C\C(C)C)C(NCc1ccccc1)C(C)C. The van der Waals surface area contributed by atoms with Gasteiger partial charge in [0.1, 0.15) is 0 Å². The summed E-state index contributed by atoms with van der Waals surface area (Å²) in [5.74, 6) is 1.10. The van der Waals surface area contributed by atoms with Crippen LogP contribution >= 0.6 is 0 Å². The van der Waals surface area contributed by atoms with Gasteiger partial charge in [-0.1, -0.05) is 76.8 Å². The zero-order chi connectivity index (χ0) is 14.3. The maximum absolute atomic E-state index is 3.96. The molecule has 104 valence electrons. The molecule has 1 rings (SSSR count). The number of hydrogen-bond donors (Lipinski definition) is 1. The number of benzene rings is 1. The molecular weight excluding hydrogens is 230 g/mol. The Hall–Kier alpha value is -1.34. The van der Waals surface area contributed by atoms with Crippen molar-refractivity contribution in [2.45, 2.75) is 40.3 Å². The molecule has 0 saturated heterocycles.